The fourth-order valence-electron chi connectivity index (χ4n) is 4.59. The van der Waals surface area contributed by atoms with E-state index in [1.807, 2.05) is 0 Å². The molecule has 1 heterocycles. The molecule has 1 unspecified atom stereocenters. The number of benzene rings is 2. The van der Waals surface area contributed by atoms with Crippen molar-refractivity contribution in [2.75, 3.05) is 19.7 Å². The Kier molecular flexibility index (Phi) is 5.31. The number of hydrogen-bond donors (Lipinski definition) is 0. The van der Waals surface area contributed by atoms with Crippen molar-refractivity contribution in [1.29, 1.82) is 0 Å². The molecule has 1 fully saturated rings. The number of ether oxygens (including phenoxy) is 1. The zero-order chi connectivity index (χ0) is 17.9. The number of fused-ring (bicyclic) bond motifs is 1. The van der Waals surface area contributed by atoms with Gasteiger partial charge in [-0.15, -0.1) is 0 Å². The minimum Gasteiger partial charge on any atom is -0.493 e. The number of piperidine rings is 1. The Morgan fingerprint density at radius 3 is 2.62 bits per heavy atom. The molecular weight excluding hydrogens is 318 g/mol. The molecule has 0 radical (unpaired) electrons. The van der Waals surface area contributed by atoms with Gasteiger partial charge in [-0.1, -0.05) is 41.5 Å². The number of hydrogen-bond acceptors (Lipinski definition) is 2. The van der Waals surface area contributed by atoms with Crippen LogP contribution in [0.1, 0.15) is 41.5 Å². The Labute approximate surface area is 158 Å². The van der Waals surface area contributed by atoms with Gasteiger partial charge in [0.2, 0.25) is 0 Å². The highest BCUT2D eigenvalue weighted by Gasteiger charge is 2.29. The Bertz CT molecular complexity index is 736. The van der Waals surface area contributed by atoms with Crippen molar-refractivity contribution >= 4 is 0 Å². The van der Waals surface area contributed by atoms with Gasteiger partial charge in [0.1, 0.15) is 5.75 Å². The van der Waals surface area contributed by atoms with Crippen LogP contribution in [-0.2, 0) is 12.8 Å². The van der Waals surface area contributed by atoms with Crippen molar-refractivity contribution in [3.05, 3.63) is 64.7 Å². The average Bonchev–Trinajstić information content (AvgIpc) is 2.67. The van der Waals surface area contributed by atoms with Crippen molar-refractivity contribution in [2.45, 2.75) is 52.0 Å². The second-order valence-electron chi connectivity index (χ2n) is 8.30. The largest absolute Gasteiger partial charge is 0.493 e. The van der Waals surface area contributed by atoms with Crippen LogP contribution in [0.4, 0.5) is 0 Å². The third kappa shape index (κ3) is 4.12. The maximum absolute atomic E-state index is 6.08. The summed E-state index contributed by atoms with van der Waals surface area (Å²) in [6.07, 6.45) is 6.37. The average molecular weight is 350 g/mol. The first kappa shape index (κ1) is 17.6. The van der Waals surface area contributed by atoms with Crippen LogP contribution in [0.2, 0.25) is 0 Å². The first-order valence-electron chi connectivity index (χ1n) is 10.2. The van der Waals surface area contributed by atoms with E-state index in [0.29, 0.717) is 12.0 Å². The summed E-state index contributed by atoms with van der Waals surface area (Å²) in [7, 11) is 0. The minimum atomic E-state index is 0.656. The van der Waals surface area contributed by atoms with Gasteiger partial charge < -0.3 is 4.74 Å². The first-order valence-corrected chi connectivity index (χ1v) is 10.2. The molecule has 1 saturated heterocycles. The fraction of sp³-hybridized carbons (Fsp3) is 0.500. The lowest BCUT2D eigenvalue weighted by Crippen LogP contribution is -2.46. The van der Waals surface area contributed by atoms with Gasteiger partial charge in [-0.2, -0.15) is 0 Å². The standard InChI is InChI=1S/C24H31NO/c1-18-6-11-24(12-7-18)26-17-20-4-3-13-25(16-20)23-10-9-21-8-5-19(2)14-22(21)15-23/h5-8,11-12,14,20,23H,3-4,9-10,13,15-17H2,1-2H3/t20-,23?/m1/s1. The maximum atomic E-state index is 6.08. The van der Waals surface area contributed by atoms with Gasteiger partial charge in [0.05, 0.1) is 6.61 Å². The summed E-state index contributed by atoms with van der Waals surface area (Å²) in [5.41, 5.74) is 5.84. The molecule has 0 spiro atoms. The van der Waals surface area contributed by atoms with Crippen molar-refractivity contribution in [1.82, 2.24) is 4.90 Å². The van der Waals surface area contributed by atoms with Crippen LogP contribution in [0.25, 0.3) is 0 Å². The fourth-order valence-corrected chi connectivity index (χ4v) is 4.59. The number of nitrogens with zero attached hydrogens (tertiary/aromatic N) is 1. The molecule has 2 nitrogen and oxygen atoms in total. The maximum Gasteiger partial charge on any atom is 0.119 e. The normalized spacial score (nSPS) is 23.5. The molecule has 2 aliphatic rings. The van der Waals surface area contributed by atoms with E-state index in [2.05, 4.69) is 61.2 Å². The molecule has 26 heavy (non-hydrogen) atoms. The third-order valence-corrected chi connectivity index (χ3v) is 6.14. The molecule has 0 aromatic heterocycles. The molecule has 1 aliphatic carbocycles. The highest BCUT2D eigenvalue weighted by atomic mass is 16.5. The van der Waals surface area contributed by atoms with Crippen molar-refractivity contribution in [3.63, 3.8) is 0 Å². The minimum absolute atomic E-state index is 0.656. The molecule has 138 valence electrons. The lowest BCUT2D eigenvalue weighted by atomic mass is 9.85. The lowest BCUT2D eigenvalue weighted by Gasteiger charge is -2.40. The summed E-state index contributed by atoms with van der Waals surface area (Å²) in [5, 5.41) is 0. The monoisotopic (exact) mass is 349 g/mol. The summed E-state index contributed by atoms with van der Waals surface area (Å²) in [6.45, 7) is 7.63. The van der Waals surface area contributed by atoms with Crippen molar-refractivity contribution in [3.8, 4) is 5.75 Å². The van der Waals surface area contributed by atoms with E-state index < -0.39 is 0 Å². The number of likely N-dealkylation sites (tertiary alicyclic amines) is 1. The number of rotatable bonds is 4. The summed E-state index contributed by atoms with van der Waals surface area (Å²) in [5.74, 6) is 1.67. The predicted octanol–water partition coefficient (Wildman–Crippen LogP) is 4.95. The van der Waals surface area contributed by atoms with Gasteiger partial charge in [-0.25, -0.2) is 0 Å². The zero-order valence-electron chi connectivity index (χ0n) is 16.2. The smallest absolute Gasteiger partial charge is 0.119 e. The molecule has 1 aliphatic heterocycles. The van der Waals surface area contributed by atoms with Crippen LogP contribution >= 0.6 is 0 Å². The van der Waals surface area contributed by atoms with Gasteiger partial charge >= 0.3 is 0 Å². The molecule has 0 saturated carbocycles. The van der Waals surface area contributed by atoms with Gasteiger partial charge in [0.15, 0.2) is 0 Å². The highest BCUT2D eigenvalue weighted by molar-refractivity contribution is 5.34. The van der Waals surface area contributed by atoms with E-state index in [0.717, 1.165) is 12.4 Å². The SMILES string of the molecule is Cc1ccc(OC[C@@H]2CCCN(C3CCc4ccc(C)cc4C3)C2)cc1. The molecule has 2 atom stereocenters. The Morgan fingerprint density at radius 2 is 1.77 bits per heavy atom. The van der Waals surface area contributed by atoms with Crippen LogP contribution in [-0.4, -0.2) is 30.6 Å². The lowest BCUT2D eigenvalue weighted by molar-refractivity contribution is 0.0881. The Hall–Kier alpha value is -1.80. The molecule has 0 N–H and O–H groups in total. The molecular formula is C24H31NO. The zero-order valence-corrected chi connectivity index (χ0v) is 16.2. The molecule has 2 heteroatoms. The van der Waals surface area contributed by atoms with E-state index in [1.165, 1.54) is 56.3 Å². The summed E-state index contributed by atoms with van der Waals surface area (Å²) in [4.78, 5) is 2.75. The van der Waals surface area contributed by atoms with E-state index in [9.17, 15) is 0 Å². The topological polar surface area (TPSA) is 12.5 Å². The summed E-state index contributed by atoms with van der Waals surface area (Å²) < 4.78 is 6.08. The highest BCUT2D eigenvalue weighted by Crippen LogP contribution is 2.29. The van der Waals surface area contributed by atoms with Crippen LogP contribution in [0.5, 0.6) is 5.75 Å². The van der Waals surface area contributed by atoms with Crippen molar-refractivity contribution < 1.29 is 4.74 Å². The van der Waals surface area contributed by atoms with Crippen molar-refractivity contribution in [2.24, 2.45) is 5.92 Å². The molecule has 2 aromatic carbocycles. The Morgan fingerprint density at radius 1 is 0.962 bits per heavy atom. The first-order chi connectivity index (χ1) is 12.7. The van der Waals surface area contributed by atoms with E-state index >= 15 is 0 Å². The van der Waals surface area contributed by atoms with E-state index in [4.69, 9.17) is 4.74 Å². The summed E-state index contributed by atoms with van der Waals surface area (Å²) in [6, 6.07) is 16.2. The second-order valence-corrected chi connectivity index (χ2v) is 8.30. The van der Waals surface area contributed by atoms with Crippen LogP contribution in [0.3, 0.4) is 0 Å². The van der Waals surface area contributed by atoms with Gasteiger partial charge in [0.25, 0.3) is 0 Å². The summed E-state index contributed by atoms with van der Waals surface area (Å²) >= 11 is 0. The van der Waals surface area contributed by atoms with E-state index in [-0.39, 0.29) is 0 Å². The quantitative estimate of drug-likeness (QED) is 0.774. The molecule has 0 amide bonds. The van der Waals surface area contributed by atoms with Gasteiger partial charge in [0, 0.05) is 18.5 Å². The van der Waals surface area contributed by atoms with E-state index in [1.54, 1.807) is 11.1 Å². The number of aryl methyl sites for hydroxylation is 3. The molecule has 0 bridgehead atoms. The molecule has 4 rings (SSSR count). The van der Waals surface area contributed by atoms with Gasteiger partial charge in [-0.3, -0.25) is 4.90 Å². The molecule has 2 aromatic rings. The van der Waals surface area contributed by atoms with Crippen LogP contribution in [0, 0.1) is 19.8 Å². The predicted molar refractivity (Wildman–Crippen MR) is 108 cm³/mol. The van der Waals surface area contributed by atoms with Crippen LogP contribution < -0.4 is 4.74 Å². The van der Waals surface area contributed by atoms with Crippen LogP contribution in [0.15, 0.2) is 42.5 Å². The van der Waals surface area contributed by atoms with Gasteiger partial charge in [-0.05, 0) is 75.8 Å². The second kappa shape index (κ2) is 7.84. The third-order valence-electron chi connectivity index (χ3n) is 6.14. The Balaban J connectivity index is 1.34.